The Morgan fingerprint density at radius 1 is 1.35 bits per heavy atom. The van der Waals surface area contributed by atoms with Gasteiger partial charge in [0.25, 0.3) is 0 Å². The molecule has 0 aromatic heterocycles. The van der Waals surface area contributed by atoms with Gasteiger partial charge in [0.15, 0.2) is 0 Å². The van der Waals surface area contributed by atoms with Gasteiger partial charge in [0.05, 0.1) is 11.7 Å². The second-order valence-corrected chi connectivity index (χ2v) is 6.69. The largest absolute Gasteiger partial charge is 0.389 e. The fraction of sp³-hybridized carbons (Fsp3) is 0.867. The van der Waals surface area contributed by atoms with Crippen molar-refractivity contribution in [2.24, 2.45) is 17.3 Å². The average molecular weight is 238 g/mol. The van der Waals surface area contributed by atoms with Crippen LogP contribution in [0, 0.1) is 17.3 Å². The van der Waals surface area contributed by atoms with E-state index in [-0.39, 0.29) is 5.41 Å². The molecule has 0 aromatic rings. The molecule has 0 saturated heterocycles. The summed E-state index contributed by atoms with van der Waals surface area (Å²) in [6.07, 6.45) is 5.13. The van der Waals surface area contributed by atoms with E-state index >= 15 is 0 Å². The number of aliphatic hydroxyl groups excluding tert-OH is 1. The van der Waals surface area contributed by atoms with E-state index in [0.717, 1.165) is 25.7 Å². The zero-order valence-corrected chi connectivity index (χ0v) is 11.5. The van der Waals surface area contributed by atoms with Gasteiger partial charge in [-0.05, 0) is 44.4 Å². The lowest BCUT2D eigenvalue weighted by Gasteiger charge is -2.45. The molecule has 2 aliphatic rings. The first-order chi connectivity index (χ1) is 7.81. The summed E-state index contributed by atoms with van der Waals surface area (Å²) in [6, 6.07) is 0. The van der Waals surface area contributed by atoms with Gasteiger partial charge in [-0.25, -0.2) is 0 Å². The third-order valence-corrected chi connectivity index (χ3v) is 5.38. The average Bonchev–Trinajstić information content (AvgIpc) is 2.46. The summed E-state index contributed by atoms with van der Waals surface area (Å²) in [7, 11) is 0. The molecule has 0 aliphatic heterocycles. The minimum atomic E-state index is -0.700. The summed E-state index contributed by atoms with van der Waals surface area (Å²) in [5.74, 6) is 0.800. The number of hydrogen-bond acceptors (Lipinski definition) is 2. The van der Waals surface area contributed by atoms with Gasteiger partial charge in [-0.1, -0.05) is 32.4 Å². The van der Waals surface area contributed by atoms with E-state index in [1.807, 2.05) is 6.08 Å². The van der Waals surface area contributed by atoms with Crippen molar-refractivity contribution in [3.63, 3.8) is 0 Å². The molecule has 1 saturated carbocycles. The molecule has 0 spiro atoms. The van der Waals surface area contributed by atoms with Crippen molar-refractivity contribution >= 4 is 0 Å². The molecule has 0 heterocycles. The summed E-state index contributed by atoms with van der Waals surface area (Å²) < 4.78 is 0. The van der Waals surface area contributed by atoms with Gasteiger partial charge in [-0.15, -0.1) is 0 Å². The van der Waals surface area contributed by atoms with Crippen molar-refractivity contribution in [3.05, 3.63) is 11.6 Å². The zero-order valence-electron chi connectivity index (χ0n) is 11.5. The summed E-state index contributed by atoms with van der Waals surface area (Å²) in [6.45, 7) is 8.49. The molecule has 0 radical (unpaired) electrons. The van der Waals surface area contributed by atoms with Crippen LogP contribution in [0.4, 0.5) is 0 Å². The number of fused-ring (bicyclic) bond motifs is 1. The third-order valence-electron chi connectivity index (χ3n) is 5.38. The maximum Gasteiger partial charge on any atom is 0.0804 e. The van der Waals surface area contributed by atoms with Crippen LogP contribution in [0.3, 0.4) is 0 Å². The Hall–Kier alpha value is -0.340. The molecule has 2 aliphatic carbocycles. The van der Waals surface area contributed by atoms with Crippen molar-refractivity contribution in [1.82, 2.24) is 0 Å². The predicted molar refractivity (Wildman–Crippen MR) is 69.6 cm³/mol. The summed E-state index contributed by atoms with van der Waals surface area (Å²) >= 11 is 0. The fourth-order valence-electron chi connectivity index (χ4n) is 4.02. The first-order valence-corrected chi connectivity index (χ1v) is 6.89. The third kappa shape index (κ3) is 1.77. The highest BCUT2D eigenvalue weighted by Crippen LogP contribution is 2.57. The van der Waals surface area contributed by atoms with Gasteiger partial charge in [0.1, 0.15) is 0 Å². The first-order valence-electron chi connectivity index (χ1n) is 6.89. The monoisotopic (exact) mass is 238 g/mol. The number of allylic oxidation sites excluding steroid dienone is 1. The van der Waals surface area contributed by atoms with E-state index in [9.17, 15) is 10.2 Å². The van der Waals surface area contributed by atoms with Gasteiger partial charge in [-0.2, -0.15) is 0 Å². The summed E-state index contributed by atoms with van der Waals surface area (Å²) in [5, 5.41) is 21.6. The molecule has 4 atom stereocenters. The zero-order chi connectivity index (χ0) is 12.8. The van der Waals surface area contributed by atoms with Crippen LogP contribution in [-0.2, 0) is 0 Å². The maximum atomic E-state index is 11.2. The molecule has 0 aromatic carbocycles. The highest BCUT2D eigenvalue weighted by Gasteiger charge is 2.60. The Balaban J connectivity index is 2.40. The van der Waals surface area contributed by atoms with E-state index in [4.69, 9.17) is 0 Å². The van der Waals surface area contributed by atoms with Crippen LogP contribution in [0.5, 0.6) is 0 Å². The van der Waals surface area contributed by atoms with Crippen LogP contribution in [0.25, 0.3) is 0 Å². The second-order valence-electron chi connectivity index (χ2n) is 6.69. The van der Waals surface area contributed by atoms with Gasteiger partial charge in [0.2, 0.25) is 0 Å². The molecule has 2 heteroatoms. The highest BCUT2D eigenvalue weighted by atomic mass is 16.3. The summed E-state index contributed by atoms with van der Waals surface area (Å²) in [4.78, 5) is 0. The molecular weight excluding hydrogens is 212 g/mol. The molecule has 0 amide bonds. The topological polar surface area (TPSA) is 40.5 Å². The van der Waals surface area contributed by atoms with E-state index in [2.05, 4.69) is 27.7 Å². The van der Waals surface area contributed by atoms with Crippen LogP contribution in [0.1, 0.15) is 53.4 Å². The molecule has 98 valence electrons. The molecular formula is C15H26O2. The molecule has 1 fully saturated rings. The number of rotatable bonds is 1. The molecule has 2 N–H and O–H groups in total. The van der Waals surface area contributed by atoms with E-state index in [0.29, 0.717) is 11.8 Å². The van der Waals surface area contributed by atoms with Crippen molar-refractivity contribution in [3.8, 4) is 0 Å². The van der Waals surface area contributed by atoms with Crippen molar-refractivity contribution < 1.29 is 10.2 Å². The SMILES string of the molecule is CC1=C[C@@H](O)[C@]2(C)CC[C@H](C(C)C)[C@@]2(O)CC1. The Kier molecular flexibility index (Phi) is 3.16. The first kappa shape index (κ1) is 13.1. The van der Waals surface area contributed by atoms with Gasteiger partial charge >= 0.3 is 0 Å². The second kappa shape index (κ2) is 4.10. The minimum absolute atomic E-state index is 0.321. The molecule has 0 bridgehead atoms. The van der Waals surface area contributed by atoms with Crippen molar-refractivity contribution in [2.45, 2.75) is 65.1 Å². The van der Waals surface area contributed by atoms with Crippen molar-refractivity contribution in [1.29, 1.82) is 0 Å². The van der Waals surface area contributed by atoms with E-state index in [1.54, 1.807) is 0 Å². The Bertz CT molecular complexity index is 334. The quantitative estimate of drug-likeness (QED) is 0.690. The lowest BCUT2D eigenvalue weighted by atomic mass is 9.66. The Morgan fingerprint density at radius 2 is 2.00 bits per heavy atom. The normalized spacial score (nSPS) is 46.6. The van der Waals surface area contributed by atoms with Gasteiger partial charge in [0, 0.05) is 5.41 Å². The van der Waals surface area contributed by atoms with Gasteiger partial charge in [-0.3, -0.25) is 0 Å². The summed E-state index contributed by atoms with van der Waals surface area (Å²) in [5.41, 5.74) is 0.151. The van der Waals surface area contributed by atoms with Crippen molar-refractivity contribution in [2.75, 3.05) is 0 Å². The Labute approximate surface area is 105 Å². The van der Waals surface area contributed by atoms with Crippen LogP contribution < -0.4 is 0 Å². The number of aliphatic hydroxyl groups is 2. The van der Waals surface area contributed by atoms with Crippen LogP contribution in [0.15, 0.2) is 11.6 Å². The minimum Gasteiger partial charge on any atom is -0.389 e. The molecule has 17 heavy (non-hydrogen) atoms. The van der Waals surface area contributed by atoms with Gasteiger partial charge < -0.3 is 10.2 Å². The molecule has 2 nitrogen and oxygen atoms in total. The van der Waals surface area contributed by atoms with Crippen LogP contribution in [-0.4, -0.2) is 21.9 Å². The standard InChI is InChI=1S/C15H26O2/c1-10(2)12-6-7-14(4)13(16)9-11(3)5-8-15(12,14)17/h9-10,12-13,16-17H,5-8H2,1-4H3/t12-,13-,14+,15+/m1/s1. The number of hydrogen-bond donors (Lipinski definition) is 2. The van der Waals surface area contributed by atoms with E-state index in [1.165, 1.54) is 5.57 Å². The predicted octanol–water partition coefficient (Wildman–Crippen LogP) is 2.89. The highest BCUT2D eigenvalue weighted by molar-refractivity contribution is 5.20. The van der Waals surface area contributed by atoms with Crippen LogP contribution in [0.2, 0.25) is 0 Å². The Morgan fingerprint density at radius 3 is 2.59 bits per heavy atom. The molecule has 0 unspecified atom stereocenters. The smallest absolute Gasteiger partial charge is 0.0804 e. The lowest BCUT2D eigenvalue weighted by molar-refractivity contribution is -0.132. The van der Waals surface area contributed by atoms with Crippen LogP contribution >= 0.6 is 0 Å². The fourth-order valence-corrected chi connectivity index (χ4v) is 4.02. The van der Waals surface area contributed by atoms with E-state index < -0.39 is 11.7 Å². The lowest BCUT2D eigenvalue weighted by Crippen LogP contribution is -2.52. The molecule has 2 rings (SSSR count). The maximum absolute atomic E-state index is 11.2.